The Morgan fingerprint density at radius 1 is 1.16 bits per heavy atom. The SMILES string of the molecule is CCOc1cc(C)ccc1NC(=O)c1oc2ccc(OC)cc2c1C. The molecule has 1 aromatic heterocycles. The second-order valence-corrected chi connectivity index (χ2v) is 5.81. The van der Waals surface area contributed by atoms with Crippen LogP contribution in [-0.4, -0.2) is 19.6 Å². The van der Waals surface area contributed by atoms with Crippen LogP contribution >= 0.6 is 0 Å². The van der Waals surface area contributed by atoms with E-state index in [2.05, 4.69) is 5.32 Å². The normalized spacial score (nSPS) is 10.7. The third-order valence-electron chi connectivity index (χ3n) is 4.03. The van der Waals surface area contributed by atoms with Gasteiger partial charge in [-0.1, -0.05) is 6.07 Å². The molecular weight excluding hydrogens is 318 g/mol. The minimum absolute atomic E-state index is 0.284. The van der Waals surface area contributed by atoms with Gasteiger partial charge in [-0.25, -0.2) is 0 Å². The van der Waals surface area contributed by atoms with Crippen LogP contribution in [0.25, 0.3) is 11.0 Å². The lowest BCUT2D eigenvalue weighted by molar-refractivity contribution is 0.0997. The van der Waals surface area contributed by atoms with E-state index in [-0.39, 0.29) is 11.7 Å². The van der Waals surface area contributed by atoms with Gasteiger partial charge in [-0.2, -0.15) is 0 Å². The molecule has 0 atom stereocenters. The summed E-state index contributed by atoms with van der Waals surface area (Å²) >= 11 is 0. The lowest BCUT2D eigenvalue weighted by atomic mass is 10.1. The van der Waals surface area contributed by atoms with Gasteiger partial charge in [0.2, 0.25) is 0 Å². The number of methoxy groups -OCH3 is 1. The van der Waals surface area contributed by atoms with E-state index in [1.165, 1.54) is 0 Å². The van der Waals surface area contributed by atoms with E-state index >= 15 is 0 Å². The summed E-state index contributed by atoms with van der Waals surface area (Å²) in [6, 6.07) is 11.1. The Balaban J connectivity index is 1.94. The number of rotatable bonds is 5. The summed E-state index contributed by atoms with van der Waals surface area (Å²) in [6.07, 6.45) is 0. The number of carbonyl (C=O) groups excluding carboxylic acids is 1. The van der Waals surface area contributed by atoms with Crippen LogP contribution in [0.4, 0.5) is 5.69 Å². The van der Waals surface area contributed by atoms with Crippen molar-refractivity contribution in [2.24, 2.45) is 0 Å². The van der Waals surface area contributed by atoms with E-state index in [0.717, 1.165) is 22.3 Å². The van der Waals surface area contributed by atoms with E-state index in [1.54, 1.807) is 19.2 Å². The molecule has 1 amide bonds. The number of fused-ring (bicyclic) bond motifs is 1. The van der Waals surface area contributed by atoms with Gasteiger partial charge < -0.3 is 19.2 Å². The number of aryl methyl sites for hydroxylation is 2. The van der Waals surface area contributed by atoms with E-state index in [4.69, 9.17) is 13.9 Å². The average molecular weight is 339 g/mol. The third kappa shape index (κ3) is 3.31. The minimum Gasteiger partial charge on any atom is -0.497 e. The zero-order valence-corrected chi connectivity index (χ0v) is 14.8. The van der Waals surface area contributed by atoms with Crippen molar-refractivity contribution in [3.05, 3.63) is 53.3 Å². The average Bonchev–Trinajstić information content (AvgIpc) is 2.94. The van der Waals surface area contributed by atoms with Crippen LogP contribution in [0.5, 0.6) is 11.5 Å². The van der Waals surface area contributed by atoms with Crippen LogP contribution in [0, 0.1) is 13.8 Å². The maximum Gasteiger partial charge on any atom is 0.291 e. The molecule has 130 valence electrons. The Hall–Kier alpha value is -2.95. The number of anilines is 1. The summed E-state index contributed by atoms with van der Waals surface area (Å²) in [7, 11) is 1.61. The van der Waals surface area contributed by atoms with Gasteiger partial charge in [-0.05, 0) is 56.7 Å². The molecule has 0 unspecified atom stereocenters. The van der Waals surface area contributed by atoms with Crippen LogP contribution in [0.3, 0.4) is 0 Å². The van der Waals surface area contributed by atoms with Crippen LogP contribution in [-0.2, 0) is 0 Å². The van der Waals surface area contributed by atoms with Crippen LogP contribution in [0.2, 0.25) is 0 Å². The molecule has 25 heavy (non-hydrogen) atoms. The van der Waals surface area contributed by atoms with Gasteiger partial charge in [0.15, 0.2) is 5.76 Å². The molecule has 0 saturated carbocycles. The zero-order chi connectivity index (χ0) is 18.0. The highest BCUT2D eigenvalue weighted by Gasteiger charge is 2.19. The van der Waals surface area contributed by atoms with Crippen LogP contribution in [0.1, 0.15) is 28.6 Å². The first-order valence-corrected chi connectivity index (χ1v) is 8.15. The van der Waals surface area contributed by atoms with Crippen molar-refractivity contribution in [3.8, 4) is 11.5 Å². The molecule has 0 aliphatic rings. The lowest BCUT2D eigenvalue weighted by Gasteiger charge is -2.11. The fourth-order valence-corrected chi connectivity index (χ4v) is 2.73. The molecule has 1 heterocycles. The summed E-state index contributed by atoms with van der Waals surface area (Å²) in [5.41, 5.74) is 3.11. The fourth-order valence-electron chi connectivity index (χ4n) is 2.73. The smallest absolute Gasteiger partial charge is 0.291 e. The van der Waals surface area contributed by atoms with E-state index in [9.17, 15) is 4.79 Å². The highest BCUT2D eigenvalue weighted by Crippen LogP contribution is 2.31. The van der Waals surface area contributed by atoms with Crippen molar-refractivity contribution in [1.29, 1.82) is 0 Å². The van der Waals surface area contributed by atoms with E-state index < -0.39 is 0 Å². The highest BCUT2D eigenvalue weighted by molar-refractivity contribution is 6.07. The van der Waals surface area contributed by atoms with Crippen LogP contribution in [0.15, 0.2) is 40.8 Å². The molecule has 0 bridgehead atoms. The molecule has 0 spiro atoms. The molecule has 1 N–H and O–H groups in total. The van der Waals surface area contributed by atoms with Crippen molar-refractivity contribution >= 4 is 22.6 Å². The Labute approximate surface area is 146 Å². The van der Waals surface area contributed by atoms with Crippen molar-refractivity contribution < 1.29 is 18.7 Å². The van der Waals surface area contributed by atoms with Crippen molar-refractivity contribution in [1.82, 2.24) is 0 Å². The van der Waals surface area contributed by atoms with Gasteiger partial charge in [0.25, 0.3) is 5.91 Å². The number of furan rings is 1. The number of carbonyl (C=O) groups is 1. The predicted molar refractivity (Wildman–Crippen MR) is 97.8 cm³/mol. The molecule has 0 aliphatic carbocycles. The molecule has 0 radical (unpaired) electrons. The van der Waals surface area contributed by atoms with Crippen molar-refractivity contribution in [3.63, 3.8) is 0 Å². The number of nitrogens with one attached hydrogen (secondary N) is 1. The van der Waals surface area contributed by atoms with Gasteiger partial charge in [0, 0.05) is 10.9 Å². The molecule has 3 rings (SSSR count). The summed E-state index contributed by atoms with van der Waals surface area (Å²) in [5.74, 6) is 1.34. The number of hydrogen-bond acceptors (Lipinski definition) is 4. The molecule has 2 aromatic carbocycles. The monoisotopic (exact) mass is 339 g/mol. The van der Waals surface area contributed by atoms with Gasteiger partial charge >= 0.3 is 0 Å². The lowest BCUT2D eigenvalue weighted by Crippen LogP contribution is -2.13. The largest absolute Gasteiger partial charge is 0.497 e. The maximum atomic E-state index is 12.7. The third-order valence-corrected chi connectivity index (χ3v) is 4.03. The minimum atomic E-state index is -0.308. The molecular formula is C20H21NO4. The van der Waals surface area contributed by atoms with Gasteiger partial charge in [-0.3, -0.25) is 4.79 Å². The second-order valence-electron chi connectivity index (χ2n) is 5.81. The first-order valence-electron chi connectivity index (χ1n) is 8.15. The van der Waals surface area contributed by atoms with E-state index in [1.807, 2.05) is 45.0 Å². The van der Waals surface area contributed by atoms with Gasteiger partial charge in [0.05, 0.1) is 19.4 Å². The Kier molecular flexibility index (Phi) is 4.65. The predicted octanol–water partition coefficient (Wildman–Crippen LogP) is 4.71. The van der Waals surface area contributed by atoms with Gasteiger partial charge in [-0.15, -0.1) is 0 Å². The molecule has 0 aliphatic heterocycles. The zero-order valence-electron chi connectivity index (χ0n) is 14.8. The fraction of sp³-hybridized carbons (Fsp3) is 0.250. The van der Waals surface area contributed by atoms with Gasteiger partial charge in [0.1, 0.15) is 17.1 Å². The second kappa shape index (κ2) is 6.89. The number of amides is 1. The Morgan fingerprint density at radius 3 is 2.68 bits per heavy atom. The summed E-state index contributed by atoms with van der Waals surface area (Å²) in [5, 5.41) is 3.74. The molecule has 3 aromatic rings. The van der Waals surface area contributed by atoms with E-state index in [0.29, 0.717) is 23.6 Å². The van der Waals surface area contributed by atoms with Crippen molar-refractivity contribution in [2.45, 2.75) is 20.8 Å². The standard InChI is InChI=1S/C20H21NO4/c1-5-24-18-10-12(2)6-8-16(18)21-20(22)19-13(3)15-11-14(23-4)7-9-17(15)25-19/h6-11H,5H2,1-4H3,(H,21,22). The molecule has 0 fully saturated rings. The topological polar surface area (TPSA) is 60.7 Å². The summed E-state index contributed by atoms with van der Waals surface area (Å²) in [4.78, 5) is 12.7. The molecule has 0 saturated heterocycles. The Morgan fingerprint density at radius 2 is 1.96 bits per heavy atom. The first-order chi connectivity index (χ1) is 12.0. The highest BCUT2D eigenvalue weighted by atomic mass is 16.5. The maximum absolute atomic E-state index is 12.7. The first kappa shape index (κ1) is 16.9. The quantitative estimate of drug-likeness (QED) is 0.731. The molecule has 5 nitrogen and oxygen atoms in total. The van der Waals surface area contributed by atoms with Crippen molar-refractivity contribution in [2.75, 3.05) is 19.0 Å². The number of ether oxygens (including phenoxy) is 2. The number of hydrogen-bond donors (Lipinski definition) is 1. The number of benzene rings is 2. The van der Waals surface area contributed by atoms with Crippen LogP contribution < -0.4 is 14.8 Å². The Bertz CT molecular complexity index is 927. The summed E-state index contributed by atoms with van der Waals surface area (Å²) < 4.78 is 16.6. The molecule has 5 heteroatoms. The summed E-state index contributed by atoms with van der Waals surface area (Å²) in [6.45, 7) is 6.27.